The van der Waals surface area contributed by atoms with Crippen molar-refractivity contribution in [1.29, 1.82) is 0 Å². The molecule has 0 radical (unpaired) electrons. The Balaban J connectivity index is 2.53. The lowest BCUT2D eigenvalue weighted by Gasteiger charge is -2.20. The van der Waals surface area contributed by atoms with Crippen molar-refractivity contribution in [3.8, 4) is 0 Å². The molecule has 0 spiro atoms. The van der Waals surface area contributed by atoms with Gasteiger partial charge in [0.1, 0.15) is 13.2 Å². The molecule has 0 fully saturated rings. The number of benzene rings is 1. The van der Waals surface area contributed by atoms with Gasteiger partial charge in [0.25, 0.3) is 5.70 Å². The number of rotatable bonds is 7. The van der Waals surface area contributed by atoms with Crippen LogP contribution in [-0.2, 0) is 19.1 Å². The third-order valence-electron chi connectivity index (χ3n) is 3.70. The highest BCUT2D eigenvalue weighted by Gasteiger charge is 2.26. The molecule has 0 bridgehead atoms. The largest absolute Gasteiger partial charge is 0.467 e. The van der Waals surface area contributed by atoms with Crippen molar-refractivity contribution in [1.82, 2.24) is 0 Å². The second-order valence-electron chi connectivity index (χ2n) is 6.06. The first-order valence-corrected chi connectivity index (χ1v) is 7.80. The normalized spacial score (nSPS) is 11.5. The highest BCUT2D eigenvalue weighted by molar-refractivity contribution is 5.95. The number of hydrogen-bond donors (Lipinski definition) is 0. The van der Waals surface area contributed by atoms with Crippen LogP contribution in [0, 0.1) is 18.9 Å². The average Bonchev–Trinajstić information content (AvgIpc) is 2.57. The Morgan fingerprint density at radius 3 is 2.29 bits per heavy atom. The summed E-state index contributed by atoms with van der Waals surface area (Å²) in [4.78, 5) is 26.9. The fourth-order valence-electron chi connectivity index (χ4n) is 1.64. The lowest BCUT2D eigenvalue weighted by atomic mass is 9.91. The molecule has 5 heteroatoms. The molecule has 0 aliphatic carbocycles. The van der Waals surface area contributed by atoms with E-state index in [1.54, 1.807) is 13.8 Å². The van der Waals surface area contributed by atoms with Crippen molar-refractivity contribution in [3.05, 3.63) is 52.5 Å². The molecule has 1 aromatic carbocycles. The van der Waals surface area contributed by atoms with Crippen molar-refractivity contribution in [2.45, 2.75) is 34.1 Å². The van der Waals surface area contributed by atoms with Crippen LogP contribution in [0.2, 0.25) is 0 Å². The molecule has 1 rings (SSSR count). The van der Waals surface area contributed by atoms with Crippen molar-refractivity contribution in [2.24, 2.45) is 5.41 Å². The van der Waals surface area contributed by atoms with Crippen molar-refractivity contribution in [3.63, 3.8) is 0 Å². The van der Waals surface area contributed by atoms with Gasteiger partial charge in [-0.25, -0.2) is 4.85 Å². The molecule has 128 valence electrons. The highest BCUT2D eigenvalue weighted by atomic mass is 16.6. The van der Waals surface area contributed by atoms with Gasteiger partial charge >= 0.3 is 11.9 Å². The zero-order valence-electron chi connectivity index (χ0n) is 14.6. The van der Waals surface area contributed by atoms with Gasteiger partial charge in [-0.05, 0) is 38.8 Å². The zero-order valence-corrected chi connectivity index (χ0v) is 14.6. The summed E-state index contributed by atoms with van der Waals surface area (Å²) in [5.41, 5.74) is 1.17. The lowest BCUT2D eigenvalue weighted by Crippen LogP contribution is -2.27. The van der Waals surface area contributed by atoms with Crippen LogP contribution in [0.5, 0.6) is 0 Å². The SMILES string of the molecule is [C-]#[N+]/C(=C\c1ccc(C)cc1)C(=O)OCCOC(=O)C(C)(C)CC. The van der Waals surface area contributed by atoms with E-state index in [1.165, 1.54) is 6.08 Å². The van der Waals surface area contributed by atoms with Gasteiger partial charge in [-0.2, -0.15) is 0 Å². The van der Waals surface area contributed by atoms with Crippen molar-refractivity contribution in [2.75, 3.05) is 13.2 Å². The van der Waals surface area contributed by atoms with Crippen LogP contribution >= 0.6 is 0 Å². The third-order valence-corrected chi connectivity index (χ3v) is 3.70. The fourth-order valence-corrected chi connectivity index (χ4v) is 1.64. The molecule has 0 N–H and O–H groups in total. The van der Waals surface area contributed by atoms with Crippen LogP contribution in [0.4, 0.5) is 0 Å². The van der Waals surface area contributed by atoms with Crippen LogP contribution < -0.4 is 0 Å². The summed E-state index contributed by atoms with van der Waals surface area (Å²) in [6.07, 6.45) is 2.13. The molecule has 1 aromatic rings. The van der Waals surface area contributed by atoms with Gasteiger partial charge in [-0.3, -0.25) is 9.59 Å². The van der Waals surface area contributed by atoms with Crippen LogP contribution in [0.25, 0.3) is 10.9 Å². The molecular weight excluding hydrogens is 306 g/mol. The van der Waals surface area contributed by atoms with Gasteiger partial charge < -0.3 is 9.47 Å². The maximum absolute atomic E-state index is 11.9. The topological polar surface area (TPSA) is 57.0 Å². The summed E-state index contributed by atoms with van der Waals surface area (Å²) >= 11 is 0. The van der Waals surface area contributed by atoms with Gasteiger partial charge in [-0.1, -0.05) is 36.8 Å². The predicted molar refractivity (Wildman–Crippen MR) is 91.7 cm³/mol. The monoisotopic (exact) mass is 329 g/mol. The van der Waals surface area contributed by atoms with E-state index in [1.807, 2.05) is 38.1 Å². The molecule has 0 aromatic heterocycles. The number of ether oxygens (including phenoxy) is 2. The molecule has 0 aliphatic heterocycles. The number of nitrogens with zero attached hydrogens (tertiary/aromatic N) is 1. The van der Waals surface area contributed by atoms with Gasteiger partial charge in [0, 0.05) is 0 Å². The van der Waals surface area contributed by atoms with E-state index in [0.717, 1.165) is 11.1 Å². The van der Waals surface area contributed by atoms with Crippen LogP contribution in [-0.4, -0.2) is 25.2 Å². The summed E-state index contributed by atoms with van der Waals surface area (Å²) in [6, 6.07) is 7.44. The lowest BCUT2D eigenvalue weighted by molar-refractivity contribution is -0.158. The average molecular weight is 329 g/mol. The van der Waals surface area contributed by atoms with Crippen LogP contribution in [0.15, 0.2) is 30.0 Å². The quantitative estimate of drug-likeness (QED) is 0.331. The van der Waals surface area contributed by atoms with Crippen molar-refractivity contribution < 1.29 is 19.1 Å². The minimum absolute atomic E-state index is 0.0240. The minimum atomic E-state index is -0.726. The van der Waals surface area contributed by atoms with Crippen LogP contribution in [0.1, 0.15) is 38.3 Å². The van der Waals surface area contributed by atoms with E-state index in [2.05, 4.69) is 4.85 Å². The molecule has 0 unspecified atom stereocenters. The van der Waals surface area contributed by atoms with E-state index in [-0.39, 0.29) is 24.9 Å². The number of hydrogen-bond acceptors (Lipinski definition) is 4. The Bertz CT molecular complexity index is 651. The molecule has 0 aliphatic rings. The first kappa shape index (κ1) is 19.4. The zero-order chi connectivity index (χ0) is 18.2. The Labute approximate surface area is 143 Å². The highest BCUT2D eigenvalue weighted by Crippen LogP contribution is 2.21. The molecule has 0 saturated heterocycles. The summed E-state index contributed by atoms with van der Waals surface area (Å²) in [7, 11) is 0. The Morgan fingerprint density at radius 2 is 1.75 bits per heavy atom. The maximum atomic E-state index is 11.9. The molecule has 0 heterocycles. The first-order valence-electron chi connectivity index (χ1n) is 7.80. The van der Waals surface area contributed by atoms with Gasteiger partial charge in [0.15, 0.2) is 0 Å². The third kappa shape index (κ3) is 5.88. The number of esters is 2. The smallest absolute Gasteiger partial charge is 0.336 e. The Kier molecular flexibility index (Phi) is 7.19. The molecule has 0 amide bonds. The van der Waals surface area contributed by atoms with Gasteiger partial charge in [0.2, 0.25) is 0 Å². The second kappa shape index (κ2) is 8.88. The molecular formula is C19H23NO4. The van der Waals surface area contributed by atoms with E-state index < -0.39 is 11.4 Å². The molecule has 0 atom stereocenters. The van der Waals surface area contributed by atoms with Gasteiger partial charge in [0.05, 0.1) is 12.0 Å². The number of carbonyl (C=O) groups is 2. The van der Waals surface area contributed by atoms with Crippen LogP contribution in [0.3, 0.4) is 0 Å². The van der Waals surface area contributed by atoms with E-state index in [9.17, 15) is 9.59 Å². The number of aryl methyl sites for hydroxylation is 1. The Hall–Kier alpha value is -2.61. The standard InChI is InChI=1S/C19H23NO4/c1-6-19(3,4)18(22)24-12-11-23-17(21)16(20-5)13-15-9-7-14(2)8-10-15/h7-10,13H,6,11-12H2,1-4H3/b16-13-. The maximum Gasteiger partial charge on any atom is 0.336 e. The number of carbonyl (C=O) groups excluding carboxylic acids is 2. The summed E-state index contributed by atoms with van der Waals surface area (Å²) < 4.78 is 10.1. The minimum Gasteiger partial charge on any atom is -0.467 e. The second-order valence-corrected chi connectivity index (χ2v) is 6.06. The Morgan fingerprint density at radius 1 is 1.17 bits per heavy atom. The first-order chi connectivity index (χ1) is 11.3. The van der Waals surface area contributed by atoms with Crippen molar-refractivity contribution >= 4 is 18.0 Å². The molecule has 5 nitrogen and oxygen atoms in total. The van der Waals surface area contributed by atoms with E-state index in [4.69, 9.17) is 16.0 Å². The van der Waals surface area contributed by atoms with Gasteiger partial charge in [-0.15, -0.1) is 0 Å². The summed E-state index contributed by atoms with van der Waals surface area (Å²) in [5.74, 6) is -1.06. The summed E-state index contributed by atoms with van der Waals surface area (Å²) in [6.45, 7) is 14.5. The van der Waals surface area contributed by atoms with E-state index in [0.29, 0.717) is 6.42 Å². The van der Waals surface area contributed by atoms with E-state index >= 15 is 0 Å². The predicted octanol–water partition coefficient (Wildman–Crippen LogP) is 3.78. The molecule has 0 saturated carbocycles. The summed E-state index contributed by atoms with van der Waals surface area (Å²) in [5, 5.41) is 0. The fraction of sp³-hybridized carbons (Fsp3) is 0.421. The molecule has 24 heavy (non-hydrogen) atoms.